The summed E-state index contributed by atoms with van der Waals surface area (Å²) in [5, 5.41) is 0. The molecule has 1 amide bonds. The normalized spacial score (nSPS) is 13.8. The second-order valence-corrected chi connectivity index (χ2v) is 4.22. The molecule has 1 aliphatic rings. The summed E-state index contributed by atoms with van der Waals surface area (Å²) < 4.78 is 0. The third-order valence-corrected chi connectivity index (χ3v) is 2.90. The minimum absolute atomic E-state index is 0.400. The lowest BCUT2D eigenvalue weighted by Gasteiger charge is -2.15. The van der Waals surface area contributed by atoms with Crippen molar-refractivity contribution in [3.05, 3.63) is 28.8 Å². The Balaban J connectivity index is 2.53. The lowest BCUT2D eigenvalue weighted by molar-refractivity contribution is -0.114. The van der Waals surface area contributed by atoms with Gasteiger partial charge in [-0.05, 0) is 31.0 Å². The smallest absolute Gasteiger partial charge is 0.299 e. The molecule has 86 valence electrons. The van der Waals surface area contributed by atoms with Gasteiger partial charge in [0.25, 0.3) is 11.7 Å². The lowest BCUT2D eigenvalue weighted by Crippen LogP contribution is -2.30. The zero-order valence-electron chi connectivity index (χ0n) is 9.91. The zero-order chi connectivity index (χ0) is 12.6. The van der Waals surface area contributed by atoms with E-state index in [0.717, 1.165) is 11.1 Å². The fourth-order valence-electron chi connectivity index (χ4n) is 2.19. The fourth-order valence-corrected chi connectivity index (χ4v) is 2.19. The molecule has 0 saturated heterocycles. The van der Waals surface area contributed by atoms with Crippen LogP contribution in [0.15, 0.2) is 12.1 Å². The van der Waals surface area contributed by atoms with E-state index in [9.17, 15) is 9.59 Å². The summed E-state index contributed by atoms with van der Waals surface area (Å²) in [7, 11) is 0. The van der Waals surface area contributed by atoms with Crippen LogP contribution in [0.2, 0.25) is 0 Å². The van der Waals surface area contributed by atoms with E-state index in [1.165, 1.54) is 4.90 Å². The van der Waals surface area contributed by atoms with E-state index >= 15 is 0 Å². The maximum Gasteiger partial charge on any atom is 0.299 e. The number of benzene rings is 1. The predicted octanol–water partition coefficient (Wildman–Crippen LogP) is 1.86. The van der Waals surface area contributed by atoms with Crippen molar-refractivity contribution >= 4 is 17.4 Å². The number of anilines is 1. The summed E-state index contributed by atoms with van der Waals surface area (Å²) in [5.41, 5.74) is 3.11. The Labute approximate surface area is 100 Å². The molecule has 0 spiro atoms. The number of nitrogens with zero attached hydrogens (tertiary/aromatic N) is 1. The average Bonchev–Trinajstić information content (AvgIpc) is 2.49. The predicted molar refractivity (Wildman–Crippen MR) is 66.0 cm³/mol. The molecule has 2 rings (SSSR count). The van der Waals surface area contributed by atoms with Crippen molar-refractivity contribution in [2.45, 2.75) is 20.3 Å². The van der Waals surface area contributed by atoms with Crippen LogP contribution in [0.5, 0.6) is 0 Å². The van der Waals surface area contributed by atoms with E-state index in [-0.39, 0.29) is 0 Å². The van der Waals surface area contributed by atoms with E-state index in [1.807, 2.05) is 26.0 Å². The Morgan fingerprint density at radius 2 is 2.00 bits per heavy atom. The number of aryl methyl sites for hydroxylation is 2. The van der Waals surface area contributed by atoms with Crippen molar-refractivity contribution in [2.75, 3.05) is 11.4 Å². The summed E-state index contributed by atoms with van der Waals surface area (Å²) in [6.07, 6.45) is 5.64. The highest BCUT2D eigenvalue weighted by Crippen LogP contribution is 2.32. The Bertz CT molecular complexity index is 552. The molecule has 1 aliphatic heterocycles. The Hall–Kier alpha value is -2.08. The van der Waals surface area contributed by atoms with Crippen LogP contribution in [0.3, 0.4) is 0 Å². The number of hydrogen-bond acceptors (Lipinski definition) is 2. The van der Waals surface area contributed by atoms with Gasteiger partial charge in [0.05, 0.1) is 11.3 Å². The summed E-state index contributed by atoms with van der Waals surface area (Å²) in [4.78, 5) is 25.2. The molecule has 1 aromatic rings. The largest absolute Gasteiger partial charge is 0.304 e. The van der Waals surface area contributed by atoms with Crippen LogP contribution in [-0.2, 0) is 4.79 Å². The Morgan fingerprint density at radius 3 is 2.65 bits per heavy atom. The third kappa shape index (κ3) is 1.72. The highest BCUT2D eigenvalue weighted by atomic mass is 16.2. The molecule has 0 bridgehead atoms. The van der Waals surface area contributed by atoms with Crippen LogP contribution in [0.1, 0.15) is 27.9 Å². The lowest BCUT2D eigenvalue weighted by atomic mass is 10.0. The van der Waals surface area contributed by atoms with Crippen molar-refractivity contribution in [3.8, 4) is 12.3 Å². The van der Waals surface area contributed by atoms with Crippen LogP contribution >= 0.6 is 0 Å². The van der Waals surface area contributed by atoms with E-state index in [0.29, 0.717) is 24.2 Å². The van der Waals surface area contributed by atoms with Gasteiger partial charge in [-0.3, -0.25) is 9.59 Å². The third-order valence-electron chi connectivity index (χ3n) is 2.90. The molecule has 17 heavy (non-hydrogen) atoms. The molecule has 3 heteroatoms. The first-order valence-corrected chi connectivity index (χ1v) is 5.47. The van der Waals surface area contributed by atoms with Gasteiger partial charge >= 0.3 is 0 Å². The average molecular weight is 227 g/mol. The summed E-state index contributed by atoms with van der Waals surface area (Å²) in [5.74, 6) is 1.59. The molecular formula is C14H13NO2. The molecule has 0 aliphatic carbocycles. The summed E-state index contributed by atoms with van der Waals surface area (Å²) in [6, 6.07) is 3.77. The standard InChI is InChI=1S/C14H13NO2/c1-4-5-6-15-11-8-9(2)7-10(3)12(11)13(16)14(15)17/h1,7-8H,5-6H2,2-3H3. The van der Waals surface area contributed by atoms with Gasteiger partial charge < -0.3 is 4.90 Å². The first-order valence-electron chi connectivity index (χ1n) is 5.47. The number of amides is 1. The molecule has 0 N–H and O–H groups in total. The minimum Gasteiger partial charge on any atom is -0.304 e. The highest BCUT2D eigenvalue weighted by Gasteiger charge is 2.36. The highest BCUT2D eigenvalue weighted by molar-refractivity contribution is 6.52. The maximum atomic E-state index is 11.9. The Morgan fingerprint density at radius 1 is 1.29 bits per heavy atom. The van der Waals surface area contributed by atoms with Gasteiger partial charge in [-0.25, -0.2) is 0 Å². The van der Waals surface area contributed by atoms with Crippen LogP contribution in [-0.4, -0.2) is 18.2 Å². The number of Topliss-reactive ketones (excluding diaryl/α,β-unsaturated/α-hetero) is 1. The summed E-state index contributed by atoms with van der Waals surface area (Å²) >= 11 is 0. The molecule has 0 aromatic heterocycles. The van der Waals surface area contributed by atoms with E-state index in [4.69, 9.17) is 6.42 Å². The maximum absolute atomic E-state index is 11.9. The molecule has 0 atom stereocenters. The van der Waals surface area contributed by atoms with Gasteiger partial charge in [0.2, 0.25) is 0 Å². The molecule has 0 fully saturated rings. The van der Waals surface area contributed by atoms with Crippen molar-refractivity contribution in [1.29, 1.82) is 0 Å². The minimum atomic E-state index is -0.469. The first kappa shape index (κ1) is 11.4. The number of terminal acetylenes is 1. The van der Waals surface area contributed by atoms with Gasteiger partial charge in [0, 0.05) is 13.0 Å². The first-order chi connectivity index (χ1) is 8.06. The quantitative estimate of drug-likeness (QED) is 0.571. The van der Waals surface area contributed by atoms with E-state index in [1.54, 1.807) is 0 Å². The van der Waals surface area contributed by atoms with Crippen LogP contribution in [0.4, 0.5) is 5.69 Å². The molecule has 0 unspecified atom stereocenters. The molecule has 1 heterocycles. The summed E-state index contributed by atoms with van der Waals surface area (Å²) in [6.45, 7) is 4.19. The monoisotopic (exact) mass is 227 g/mol. The van der Waals surface area contributed by atoms with Crippen LogP contribution < -0.4 is 4.90 Å². The van der Waals surface area contributed by atoms with Gasteiger partial charge in [-0.15, -0.1) is 12.3 Å². The van der Waals surface area contributed by atoms with Gasteiger partial charge in [0.1, 0.15) is 0 Å². The fraction of sp³-hybridized carbons (Fsp3) is 0.286. The topological polar surface area (TPSA) is 37.4 Å². The van der Waals surface area contributed by atoms with Gasteiger partial charge in [-0.1, -0.05) is 6.07 Å². The Kier molecular flexibility index (Phi) is 2.72. The van der Waals surface area contributed by atoms with Gasteiger partial charge in [-0.2, -0.15) is 0 Å². The van der Waals surface area contributed by atoms with Crippen molar-refractivity contribution in [3.63, 3.8) is 0 Å². The van der Waals surface area contributed by atoms with Crippen molar-refractivity contribution in [2.24, 2.45) is 0 Å². The van der Waals surface area contributed by atoms with Crippen LogP contribution in [0, 0.1) is 26.2 Å². The van der Waals surface area contributed by atoms with E-state index in [2.05, 4.69) is 5.92 Å². The van der Waals surface area contributed by atoms with E-state index < -0.39 is 11.7 Å². The van der Waals surface area contributed by atoms with Crippen molar-refractivity contribution in [1.82, 2.24) is 0 Å². The number of carbonyl (C=O) groups excluding carboxylic acids is 2. The molecule has 3 nitrogen and oxygen atoms in total. The molecular weight excluding hydrogens is 214 g/mol. The second kappa shape index (κ2) is 4.06. The van der Waals surface area contributed by atoms with Crippen molar-refractivity contribution < 1.29 is 9.59 Å². The zero-order valence-corrected chi connectivity index (χ0v) is 9.91. The SMILES string of the molecule is C#CCCN1C(=O)C(=O)c2c(C)cc(C)cc21. The molecule has 0 radical (unpaired) electrons. The number of rotatable bonds is 2. The number of ketones is 1. The number of hydrogen-bond donors (Lipinski definition) is 0. The van der Waals surface area contributed by atoms with Gasteiger partial charge in [0.15, 0.2) is 0 Å². The van der Waals surface area contributed by atoms with Crippen LogP contribution in [0.25, 0.3) is 0 Å². The number of fused-ring (bicyclic) bond motifs is 1. The second-order valence-electron chi connectivity index (χ2n) is 4.22. The molecule has 0 saturated carbocycles. The number of carbonyl (C=O) groups is 2. The molecule has 1 aromatic carbocycles.